The van der Waals surface area contributed by atoms with Gasteiger partial charge in [-0.3, -0.25) is 0 Å². The molecule has 112 valence electrons. The minimum Gasteiger partial charge on any atom is -0.477 e. The molecule has 7 nitrogen and oxygen atoms in total. The standard InChI is InChI=1S/C13H22N4O3/c1-4-17(5-2)7-6-14-13(20)16-10-8-9(3)15-11(10)12(18)19/h8,15H,4-7H2,1-3H3,(H,18,19)(H2,14,16,20). The van der Waals surface area contributed by atoms with Crippen LogP contribution in [0.15, 0.2) is 6.07 Å². The zero-order valence-corrected chi connectivity index (χ0v) is 12.1. The first kappa shape index (κ1) is 16.0. The van der Waals surface area contributed by atoms with E-state index in [1.54, 1.807) is 13.0 Å². The normalized spacial score (nSPS) is 10.6. The van der Waals surface area contributed by atoms with Gasteiger partial charge in [-0.2, -0.15) is 0 Å². The molecule has 0 fully saturated rings. The number of aryl methyl sites for hydroxylation is 1. The summed E-state index contributed by atoms with van der Waals surface area (Å²) in [5.74, 6) is -1.10. The number of amides is 2. The van der Waals surface area contributed by atoms with E-state index >= 15 is 0 Å². The molecule has 0 saturated heterocycles. The molecule has 0 aliphatic rings. The minimum absolute atomic E-state index is 0.0126. The van der Waals surface area contributed by atoms with Gasteiger partial charge in [0.25, 0.3) is 0 Å². The molecule has 1 rings (SSSR count). The molecule has 4 N–H and O–H groups in total. The number of aromatic carboxylic acids is 1. The molecule has 1 aromatic rings. The van der Waals surface area contributed by atoms with E-state index in [1.807, 2.05) is 0 Å². The number of carbonyl (C=O) groups is 2. The number of carboxylic acid groups (broad SMARTS) is 1. The fourth-order valence-electron chi connectivity index (χ4n) is 1.89. The molecule has 0 radical (unpaired) electrons. The Morgan fingerprint density at radius 3 is 2.55 bits per heavy atom. The molecular weight excluding hydrogens is 260 g/mol. The first-order valence-electron chi connectivity index (χ1n) is 6.68. The number of anilines is 1. The lowest BCUT2D eigenvalue weighted by atomic mass is 10.3. The first-order chi connectivity index (χ1) is 9.47. The zero-order chi connectivity index (χ0) is 15.1. The average Bonchev–Trinajstić information content (AvgIpc) is 2.75. The van der Waals surface area contributed by atoms with Gasteiger partial charge in [0, 0.05) is 18.8 Å². The Balaban J connectivity index is 2.48. The number of nitrogens with one attached hydrogen (secondary N) is 3. The van der Waals surface area contributed by atoms with Gasteiger partial charge in [0.05, 0.1) is 5.69 Å². The van der Waals surface area contributed by atoms with Crippen molar-refractivity contribution in [2.24, 2.45) is 0 Å². The van der Waals surface area contributed by atoms with E-state index in [0.29, 0.717) is 12.2 Å². The average molecular weight is 282 g/mol. The molecule has 2 amide bonds. The summed E-state index contributed by atoms with van der Waals surface area (Å²) in [6.45, 7) is 8.99. The van der Waals surface area contributed by atoms with Crippen LogP contribution in [0.2, 0.25) is 0 Å². The highest BCUT2D eigenvalue weighted by atomic mass is 16.4. The summed E-state index contributed by atoms with van der Waals surface area (Å²) in [4.78, 5) is 27.6. The fraction of sp³-hybridized carbons (Fsp3) is 0.538. The Kier molecular flexibility index (Phi) is 6.05. The van der Waals surface area contributed by atoms with E-state index < -0.39 is 12.0 Å². The molecule has 0 atom stereocenters. The maximum Gasteiger partial charge on any atom is 0.354 e. The van der Waals surface area contributed by atoms with E-state index in [1.165, 1.54) is 0 Å². The number of carboxylic acids is 1. The third-order valence-electron chi connectivity index (χ3n) is 3.02. The molecule has 1 heterocycles. The summed E-state index contributed by atoms with van der Waals surface area (Å²) in [5.41, 5.74) is 0.942. The van der Waals surface area contributed by atoms with Crippen molar-refractivity contribution in [2.75, 3.05) is 31.5 Å². The Morgan fingerprint density at radius 2 is 2.00 bits per heavy atom. The second-order valence-corrected chi connectivity index (χ2v) is 4.45. The van der Waals surface area contributed by atoms with Crippen molar-refractivity contribution in [1.29, 1.82) is 0 Å². The molecule has 0 aromatic carbocycles. The molecular formula is C13H22N4O3. The molecule has 0 unspecified atom stereocenters. The van der Waals surface area contributed by atoms with E-state index in [0.717, 1.165) is 19.6 Å². The lowest BCUT2D eigenvalue weighted by Gasteiger charge is -2.18. The van der Waals surface area contributed by atoms with Crippen molar-refractivity contribution in [1.82, 2.24) is 15.2 Å². The van der Waals surface area contributed by atoms with Gasteiger partial charge in [-0.15, -0.1) is 0 Å². The lowest BCUT2D eigenvalue weighted by molar-refractivity contribution is 0.0692. The minimum atomic E-state index is -1.10. The largest absolute Gasteiger partial charge is 0.477 e. The van der Waals surface area contributed by atoms with Crippen LogP contribution in [0.5, 0.6) is 0 Å². The van der Waals surface area contributed by atoms with Crippen LogP contribution in [0.25, 0.3) is 0 Å². The Hall–Kier alpha value is -2.02. The third kappa shape index (κ3) is 4.58. The van der Waals surface area contributed by atoms with Gasteiger partial charge in [-0.1, -0.05) is 13.8 Å². The molecule has 0 aliphatic carbocycles. The second kappa shape index (κ2) is 7.54. The number of urea groups is 1. The van der Waals surface area contributed by atoms with Crippen LogP contribution >= 0.6 is 0 Å². The molecule has 0 saturated carbocycles. The van der Waals surface area contributed by atoms with Crippen LogP contribution in [0.4, 0.5) is 10.5 Å². The smallest absolute Gasteiger partial charge is 0.354 e. The Labute approximate surface area is 118 Å². The Bertz CT molecular complexity index is 466. The maximum absolute atomic E-state index is 11.7. The van der Waals surface area contributed by atoms with Crippen LogP contribution in [0.1, 0.15) is 30.0 Å². The summed E-state index contributed by atoms with van der Waals surface area (Å²) < 4.78 is 0. The van der Waals surface area contributed by atoms with E-state index in [4.69, 9.17) is 5.11 Å². The number of hydrogen-bond acceptors (Lipinski definition) is 3. The number of carbonyl (C=O) groups excluding carboxylic acids is 1. The van der Waals surface area contributed by atoms with E-state index in [2.05, 4.69) is 34.4 Å². The van der Waals surface area contributed by atoms with E-state index in [-0.39, 0.29) is 11.4 Å². The monoisotopic (exact) mass is 282 g/mol. The predicted molar refractivity (Wildman–Crippen MR) is 77.3 cm³/mol. The highest BCUT2D eigenvalue weighted by molar-refractivity contribution is 5.99. The molecule has 7 heteroatoms. The van der Waals surface area contributed by atoms with Crippen molar-refractivity contribution in [3.05, 3.63) is 17.5 Å². The molecule has 1 aromatic heterocycles. The zero-order valence-electron chi connectivity index (χ0n) is 12.1. The van der Waals surface area contributed by atoms with Gasteiger partial charge < -0.3 is 25.6 Å². The van der Waals surface area contributed by atoms with Gasteiger partial charge in [-0.05, 0) is 26.1 Å². The number of nitrogens with zero attached hydrogens (tertiary/aromatic N) is 1. The molecule has 0 spiro atoms. The second-order valence-electron chi connectivity index (χ2n) is 4.45. The first-order valence-corrected chi connectivity index (χ1v) is 6.68. The number of H-pyrrole nitrogens is 1. The quantitative estimate of drug-likeness (QED) is 0.609. The van der Waals surface area contributed by atoms with Crippen molar-refractivity contribution in [3.8, 4) is 0 Å². The molecule has 0 bridgehead atoms. The number of likely N-dealkylation sites (N-methyl/N-ethyl adjacent to an activating group) is 1. The topological polar surface area (TPSA) is 97.5 Å². The number of aromatic amines is 1. The SMILES string of the molecule is CCN(CC)CCNC(=O)Nc1cc(C)[nH]c1C(=O)O. The fourth-order valence-corrected chi connectivity index (χ4v) is 1.89. The molecule has 20 heavy (non-hydrogen) atoms. The van der Waals surface area contributed by atoms with Crippen LogP contribution in [0.3, 0.4) is 0 Å². The third-order valence-corrected chi connectivity index (χ3v) is 3.02. The summed E-state index contributed by atoms with van der Waals surface area (Å²) in [6, 6.07) is 1.19. The van der Waals surface area contributed by atoms with Gasteiger partial charge >= 0.3 is 12.0 Å². The summed E-state index contributed by atoms with van der Waals surface area (Å²) in [7, 11) is 0. The highest BCUT2D eigenvalue weighted by Gasteiger charge is 2.15. The van der Waals surface area contributed by atoms with E-state index in [9.17, 15) is 9.59 Å². The van der Waals surface area contributed by atoms with Crippen LogP contribution in [-0.2, 0) is 0 Å². The van der Waals surface area contributed by atoms with Crippen molar-refractivity contribution in [3.63, 3.8) is 0 Å². The van der Waals surface area contributed by atoms with Crippen LogP contribution < -0.4 is 10.6 Å². The summed E-state index contributed by atoms with van der Waals surface area (Å²) >= 11 is 0. The van der Waals surface area contributed by atoms with Gasteiger partial charge in [0.2, 0.25) is 0 Å². The van der Waals surface area contributed by atoms with Crippen LogP contribution in [-0.4, -0.2) is 53.2 Å². The summed E-state index contributed by atoms with van der Waals surface area (Å²) in [6.07, 6.45) is 0. The summed E-state index contributed by atoms with van der Waals surface area (Å²) in [5, 5.41) is 14.2. The lowest BCUT2D eigenvalue weighted by Crippen LogP contribution is -2.37. The van der Waals surface area contributed by atoms with Gasteiger partial charge in [0.1, 0.15) is 5.69 Å². The van der Waals surface area contributed by atoms with Crippen molar-refractivity contribution in [2.45, 2.75) is 20.8 Å². The van der Waals surface area contributed by atoms with Gasteiger partial charge in [0.15, 0.2) is 0 Å². The number of rotatable bonds is 7. The van der Waals surface area contributed by atoms with Crippen LogP contribution in [0, 0.1) is 6.92 Å². The highest BCUT2D eigenvalue weighted by Crippen LogP contribution is 2.16. The number of hydrogen-bond donors (Lipinski definition) is 4. The Morgan fingerprint density at radius 1 is 1.35 bits per heavy atom. The van der Waals surface area contributed by atoms with Crippen molar-refractivity contribution >= 4 is 17.7 Å². The molecule has 0 aliphatic heterocycles. The number of aromatic nitrogens is 1. The van der Waals surface area contributed by atoms with Crippen molar-refractivity contribution < 1.29 is 14.7 Å². The van der Waals surface area contributed by atoms with Gasteiger partial charge in [-0.25, -0.2) is 9.59 Å². The maximum atomic E-state index is 11.7. The predicted octanol–water partition coefficient (Wildman–Crippen LogP) is 1.48.